The summed E-state index contributed by atoms with van der Waals surface area (Å²) in [4.78, 5) is 3.80. The second-order valence-electron chi connectivity index (χ2n) is 3.80. The zero-order valence-electron chi connectivity index (χ0n) is 9.45. The summed E-state index contributed by atoms with van der Waals surface area (Å²) in [6, 6.07) is 2.96. The molecule has 1 aromatic heterocycles. The first-order valence-corrected chi connectivity index (χ1v) is 5.12. The van der Waals surface area contributed by atoms with Crippen molar-refractivity contribution in [1.82, 2.24) is 10.1 Å². The van der Waals surface area contributed by atoms with Gasteiger partial charge in [0, 0.05) is 12.5 Å². The van der Waals surface area contributed by atoms with Crippen molar-refractivity contribution in [2.24, 2.45) is 5.73 Å². The Balaban J connectivity index is 2.49. The van der Waals surface area contributed by atoms with Crippen LogP contribution in [-0.4, -0.2) is 10.1 Å². The normalized spacial score (nSPS) is 11.8. The number of rotatable bonds is 3. The fraction of sp³-hybridized carbons (Fsp3) is 0.273. The highest BCUT2D eigenvalue weighted by molar-refractivity contribution is 5.57. The molecule has 2 N–H and O–H groups in total. The van der Waals surface area contributed by atoms with Crippen LogP contribution < -0.4 is 5.73 Å². The summed E-state index contributed by atoms with van der Waals surface area (Å²) in [5, 5.41) is 3.49. The van der Waals surface area contributed by atoms with Crippen LogP contribution in [0.4, 0.5) is 13.2 Å². The van der Waals surface area contributed by atoms with Crippen LogP contribution >= 0.6 is 0 Å². The third kappa shape index (κ3) is 2.35. The molecule has 0 fully saturated rings. The highest BCUT2D eigenvalue weighted by atomic mass is 19.3. The standard InChI is InChI=1S/C11H10F3N3O/c1-11(13,14)6-2-3-8(12)7(4-6)10-16-9(5-15)18-17-10/h2-4H,5,15H2,1H3. The van der Waals surface area contributed by atoms with Gasteiger partial charge >= 0.3 is 0 Å². The van der Waals surface area contributed by atoms with Crippen molar-refractivity contribution in [3.63, 3.8) is 0 Å². The molecule has 0 bridgehead atoms. The Kier molecular flexibility index (Phi) is 3.08. The molecule has 0 aliphatic carbocycles. The van der Waals surface area contributed by atoms with Crippen LogP contribution in [-0.2, 0) is 12.5 Å². The Morgan fingerprint density at radius 1 is 1.39 bits per heavy atom. The van der Waals surface area contributed by atoms with Gasteiger partial charge in [0.2, 0.25) is 11.7 Å². The third-order valence-corrected chi connectivity index (χ3v) is 2.36. The van der Waals surface area contributed by atoms with Crippen LogP contribution in [0.15, 0.2) is 22.7 Å². The molecule has 1 heterocycles. The molecule has 2 aromatic rings. The number of aromatic nitrogens is 2. The van der Waals surface area contributed by atoms with E-state index >= 15 is 0 Å². The summed E-state index contributed by atoms with van der Waals surface area (Å²) in [6.07, 6.45) is 0. The van der Waals surface area contributed by atoms with Crippen molar-refractivity contribution in [3.8, 4) is 11.4 Å². The maximum atomic E-state index is 13.6. The van der Waals surface area contributed by atoms with Gasteiger partial charge in [0.05, 0.1) is 12.1 Å². The number of nitrogens with two attached hydrogens (primary N) is 1. The number of alkyl halides is 2. The minimum absolute atomic E-state index is 0.00174. The van der Waals surface area contributed by atoms with Gasteiger partial charge in [-0.05, 0) is 12.1 Å². The summed E-state index contributed by atoms with van der Waals surface area (Å²) < 4.78 is 44.6. The lowest BCUT2D eigenvalue weighted by molar-refractivity contribution is 0.0174. The number of nitrogens with zero attached hydrogens (tertiary/aromatic N) is 2. The minimum Gasteiger partial charge on any atom is -0.338 e. The van der Waals surface area contributed by atoms with E-state index in [-0.39, 0.29) is 29.4 Å². The van der Waals surface area contributed by atoms with Gasteiger partial charge in [-0.1, -0.05) is 11.2 Å². The summed E-state index contributed by atoms with van der Waals surface area (Å²) >= 11 is 0. The molecule has 96 valence electrons. The lowest BCUT2D eigenvalue weighted by atomic mass is 10.1. The SMILES string of the molecule is CC(F)(F)c1ccc(F)c(-c2noc(CN)n2)c1. The van der Waals surface area contributed by atoms with Gasteiger partial charge in [0.1, 0.15) is 5.82 Å². The quantitative estimate of drug-likeness (QED) is 0.917. The van der Waals surface area contributed by atoms with Gasteiger partial charge in [0.15, 0.2) is 0 Å². The largest absolute Gasteiger partial charge is 0.338 e. The first-order chi connectivity index (χ1) is 8.41. The Labute approximate surface area is 101 Å². The average Bonchev–Trinajstić information content (AvgIpc) is 2.76. The summed E-state index contributed by atoms with van der Waals surface area (Å²) in [6.45, 7) is 0.726. The van der Waals surface area contributed by atoms with Crippen molar-refractivity contribution in [2.45, 2.75) is 19.4 Å². The molecular weight excluding hydrogens is 247 g/mol. The van der Waals surface area contributed by atoms with E-state index in [0.717, 1.165) is 25.1 Å². The van der Waals surface area contributed by atoms with Crippen molar-refractivity contribution >= 4 is 0 Å². The van der Waals surface area contributed by atoms with Gasteiger partial charge in [0.25, 0.3) is 5.92 Å². The second kappa shape index (κ2) is 4.41. The molecule has 2 rings (SSSR count). The van der Waals surface area contributed by atoms with Gasteiger partial charge in [-0.2, -0.15) is 4.98 Å². The van der Waals surface area contributed by atoms with E-state index in [2.05, 4.69) is 10.1 Å². The summed E-state index contributed by atoms with van der Waals surface area (Å²) in [5.41, 5.74) is 4.81. The Hall–Kier alpha value is -1.89. The van der Waals surface area contributed by atoms with Crippen molar-refractivity contribution in [1.29, 1.82) is 0 Å². The highest BCUT2D eigenvalue weighted by Gasteiger charge is 2.26. The molecule has 0 aliphatic heterocycles. The number of hydrogen-bond acceptors (Lipinski definition) is 4. The van der Waals surface area contributed by atoms with Crippen molar-refractivity contribution < 1.29 is 17.7 Å². The van der Waals surface area contributed by atoms with Crippen molar-refractivity contribution in [3.05, 3.63) is 35.5 Å². The molecule has 1 aromatic carbocycles. The molecule has 0 saturated heterocycles. The molecule has 18 heavy (non-hydrogen) atoms. The van der Waals surface area contributed by atoms with E-state index in [1.807, 2.05) is 0 Å². The van der Waals surface area contributed by atoms with Gasteiger partial charge in [-0.15, -0.1) is 0 Å². The van der Waals surface area contributed by atoms with Gasteiger partial charge in [-0.3, -0.25) is 0 Å². The van der Waals surface area contributed by atoms with Crippen LogP contribution in [0.3, 0.4) is 0 Å². The van der Waals surface area contributed by atoms with E-state index in [1.54, 1.807) is 0 Å². The number of benzene rings is 1. The van der Waals surface area contributed by atoms with Crippen LogP contribution in [0, 0.1) is 5.82 Å². The minimum atomic E-state index is -3.07. The van der Waals surface area contributed by atoms with E-state index in [1.165, 1.54) is 0 Å². The first kappa shape index (κ1) is 12.6. The Morgan fingerprint density at radius 3 is 2.67 bits per heavy atom. The van der Waals surface area contributed by atoms with E-state index in [9.17, 15) is 13.2 Å². The smallest absolute Gasteiger partial charge is 0.270 e. The predicted octanol–water partition coefficient (Wildman–Crippen LogP) is 2.45. The molecule has 0 radical (unpaired) electrons. The van der Waals surface area contributed by atoms with Crippen LogP contribution in [0.5, 0.6) is 0 Å². The lowest BCUT2D eigenvalue weighted by Gasteiger charge is -2.11. The molecule has 0 unspecified atom stereocenters. The third-order valence-electron chi connectivity index (χ3n) is 2.36. The van der Waals surface area contributed by atoms with Crippen LogP contribution in [0.1, 0.15) is 18.4 Å². The van der Waals surface area contributed by atoms with Crippen molar-refractivity contribution in [2.75, 3.05) is 0 Å². The molecule has 0 aliphatic rings. The van der Waals surface area contributed by atoms with Crippen LogP contribution in [0.25, 0.3) is 11.4 Å². The molecular formula is C11H10F3N3O. The molecule has 0 saturated carbocycles. The maximum absolute atomic E-state index is 13.6. The first-order valence-electron chi connectivity index (χ1n) is 5.12. The average molecular weight is 257 g/mol. The topological polar surface area (TPSA) is 64.9 Å². The molecule has 0 atom stereocenters. The van der Waals surface area contributed by atoms with Gasteiger partial charge in [-0.25, -0.2) is 13.2 Å². The molecule has 0 amide bonds. The maximum Gasteiger partial charge on any atom is 0.270 e. The Morgan fingerprint density at radius 2 is 2.11 bits per heavy atom. The molecule has 0 spiro atoms. The zero-order chi connectivity index (χ0) is 13.3. The zero-order valence-corrected chi connectivity index (χ0v) is 9.45. The molecule has 7 heteroatoms. The molecule has 4 nitrogen and oxygen atoms in total. The predicted molar refractivity (Wildman–Crippen MR) is 57.2 cm³/mol. The highest BCUT2D eigenvalue weighted by Crippen LogP contribution is 2.31. The van der Waals surface area contributed by atoms with Gasteiger partial charge < -0.3 is 10.3 Å². The monoisotopic (exact) mass is 257 g/mol. The van der Waals surface area contributed by atoms with E-state index in [4.69, 9.17) is 10.3 Å². The van der Waals surface area contributed by atoms with E-state index in [0.29, 0.717) is 0 Å². The number of hydrogen-bond donors (Lipinski definition) is 1. The lowest BCUT2D eigenvalue weighted by Crippen LogP contribution is -2.07. The second-order valence-corrected chi connectivity index (χ2v) is 3.80. The fourth-order valence-corrected chi connectivity index (χ4v) is 1.42. The Bertz CT molecular complexity index is 563. The van der Waals surface area contributed by atoms with E-state index < -0.39 is 11.7 Å². The van der Waals surface area contributed by atoms with Crippen LogP contribution in [0.2, 0.25) is 0 Å². The number of halogens is 3. The fourth-order valence-electron chi connectivity index (χ4n) is 1.42. The summed E-state index contributed by atoms with van der Waals surface area (Å²) in [5.74, 6) is -3.76. The summed E-state index contributed by atoms with van der Waals surface area (Å²) in [7, 11) is 0.